The predicted octanol–water partition coefficient (Wildman–Crippen LogP) is 1.20. The zero-order chi connectivity index (χ0) is 14.0. The smallest absolute Gasteiger partial charge is 0.252 e. The molecule has 2 heterocycles. The summed E-state index contributed by atoms with van der Waals surface area (Å²) in [4.78, 5) is 18.2. The molecule has 0 aromatic carbocycles. The number of aromatic nitrogens is 1. The Morgan fingerprint density at radius 2 is 2.26 bits per heavy atom. The molecule has 5 nitrogen and oxygen atoms in total. The van der Waals surface area contributed by atoms with E-state index < -0.39 is 5.91 Å². The average molecular weight is 262 g/mol. The van der Waals surface area contributed by atoms with Gasteiger partial charge in [0, 0.05) is 24.8 Å². The van der Waals surface area contributed by atoms with Crippen molar-refractivity contribution in [2.45, 2.75) is 45.2 Å². The Morgan fingerprint density at radius 1 is 1.53 bits per heavy atom. The topological polar surface area (TPSA) is 85.2 Å². The zero-order valence-corrected chi connectivity index (χ0v) is 11.6. The van der Waals surface area contributed by atoms with Gasteiger partial charge in [-0.15, -0.1) is 0 Å². The number of nitrogens with two attached hydrogens (primary N) is 2. The molecule has 0 spiro atoms. The fourth-order valence-corrected chi connectivity index (χ4v) is 2.83. The van der Waals surface area contributed by atoms with Gasteiger partial charge in [-0.3, -0.25) is 4.79 Å². The molecule has 1 aliphatic heterocycles. The number of hydrogen-bond donors (Lipinski definition) is 2. The molecule has 1 aromatic rings. The molecular formula is C14H22N4O. The minimum atomic E-state index is -0.422. The van der Waals surface area contributed by atoms with Crippen LogP contribution in [0.15, 0.2) is 12.3 Å². The van der Waals surface area contributed by atoms with Crippen molar-refractivity contribution in [1.82, 2.24) is 4.98 Å². The summed E-state index contributed by atoms with van der Waals surface area (Å²) in [7, 11) is 0. The largest absolute Gasteiger partial charge is 0.365 e. The molecule has 1 aliphatic rings. The van der Waals surface area contributed by atoms with Crippen molar-refractivity contribution < 1.29 is 4.79 Å². The number of nitrogens with zero attached hydrogens (tertiary/aromatic N) is 2. The Balaban J connectivity index is 2.44. The van der Waals surface area contributed by atoms with E-state index in [1.807, 2.05) is 19.9 Å². The molecule has 19 heavy (non-hydrogen) atoms. The van der Waals surface area contributed by atoms with Gasteiger partial charge in [0.15, 0.2) is 0 Å². The van der Waals surface area contributed by atoms with Crippen LogP contribution < -0.4 is 16.4 Å². The number of anilines is 1. The molecule has 1 amide bonds. The molecule has 5 heteroatoms. The third kappa shape index (κ3) is 2.71. The molecule has 1 saturated heterocycles. The molecule has 104 valence electrons. The van der Waals surface area contributed by atoms with Crippen LogP contribution in [0.4, 0.5) is 5.82 Å². The van der Waals surface area contributed by atoms with Crippen molar-refractivity contribution in [2.24, 2.45) is 11.5 Å². The number of rotatable bonds is 3. The Hall–Kier alpha value is -1.62. The van der Waals surface area contributed by atoms with E-state index in [4.69, 9.17) is 11.5 Å². The van der Waals surface area contributed by atoms with Gasteiger partial charge in [-0.05, 0) is 44.7 Å². The fraction of sp³-hybridized carbons (Fsp3) is 0.571. The number of aryl methyl sites for hydroxylation is 1. The second kappa shape index (κ2) is 5.57. The Labute approximate surface area is 114 Å². The van der Waals surface area contributed by atoms with Crippen molar-refractivity contribution in [3.63, 3.8) is 0 Å². The Morgan fingerprint density at radius 3 is 2.89 bits per heavy atom. The van der Waals surface area contributed by atoms with Crippen molar-refractivity contribution >= 4 is 11.7 Å². The van der Waals surface area contributed by atoms with Crippen molar-refractivity contribution in [2.75, 3.05) is 11.4 Å². The molecule has 2 unspecified atom stereocenters. The molecule has 0 radical (unpaired) electrons. The maximum Gasteiger partial charge on any atom is 0.252 e. The third-order valence-corrected chi connectivity index (χ3v) is 3.81. The number of piperidine rings is 1. The summed E-state index contributed by atoms with van der Waals surface area (Å²) in [6.45, 7) is 4.77. The first kappa shape index (κ1) is 13.8. The van der Waals surface area contributed by atoms with Gasteiger partial charge in [0.25, 0.3) is 5.91 Å². The lowest BCUT2D eigenvalue weighted by atomic mass is 9.96. The maximum atomic E-state index is 11.7. The van der Waals surface area contributed by atoms with Crippen molar-refractivity contribution in [1.29, 1.82) is 0 Å². The van der Waals surface area contributed by atoms with Gasteiger partial charge in [0.05, 0.1) is 5.56 Å². The van der Waals surface area contributed by atoms with Crippen LogP contribution in [0.5, 0.6) is 0 Å². The first-order chi connectivity index (χ1) is 9.02. The van der Waals surface area contributed by atoms with Crippen LogP contribution in [0, 0.1) is 6.92 Å². The maximum absolute atomic E-state index is 11.7. The van der Waals surface area contributed by atoms with Crippen LogP contribution in [-0.4, -0.2) is 29.5 Å². The number of carbonyl (C=O) groups is 1. The number of carbonyl (C=O) groups excluding carboxylic acids is 1. The highest BCUT2D eigenvalue weighted by atomic mass is 16.1. The molecule has 2 rings (SSSR count). The zero-order valence-electron chi connectivity index (χ0n) is 11.6. The fourth-order valence-electron chi connectivity index (χ4n) is 2.83. The van der Waals surface area contributed by atoms with Gasteiger partial charge in [-0.1, -0.05) is 0 Å². The van der Waals surface area contributed by atoms with Gasteiger partial charge >= 0.3 is 0 Å². The van der Waals surface area contributed by atoms with Gasteiger partial charge < -0.3 is 16.4 Å². The van der Waals surface area contributed by atoms with Crippen LogP contribution in [-0.2, 0) is 0 Å². The number of pyridine rings is 1. The molecule has 1 aromatic heterocycles. The van der Waals surface area contributed by atoms with E-state index in [1.54, 1.807) is 6.20 Å². The first-order valence-corrected chi connectivity index (χ1v) is 6.80. The summed E-state index contributed by atoms with van der Waals surface area (Å²) < 4.78 is 0. The summed E-state index contributed by atoms with van der Waals surface area (Å²) in [6.07, 6.45) is 5.02. The van der Waals surface area contributed by atoms with E-state index >= 15 is 0 Å². The average Bonchev–Trinajstić information content (AvgIpc) is 2.37. The van der Waals surface area contributed by atoms with Gasteiger partial charge in [-0.2, -0.15) is 0 Å². The van der Waals surface area contributed by atoms with Crippen LogP contribution in [0.3, 0.4) is 0 Å². The third-order valence-electron chi connectivity index (χ3n) is 3.81. The second-order valence-corrected chi connectivity index (χ2v) is 5.31. The normalized spacial score (nSPS) is 21.2. The standard InChI is InChI=1S/C14H22N4O/c1-9-6-7-17-14(12(9)13(16)19)18-8-4-3-5-11(18)10(2)15/h6-7,10-11H,3-5,8,15H2,1-2H3,(H2,16,19). The number of hydrogen-bond acceptors (Lipinski definition) is 4. The number of amides is 1. The summed E-state index contributed by atoms with van der Waals surface area (Å²) in [5.41, 5.74) is 13.0. The Bertz CT molecular complexity index is 473. The lowest BCUT2D eigenvalue weighted by molar-refractivity contribution is 0.0999. The monoisotopic (exact) mass is 262 g/mol. The highest BCUT2D eigenvalue weighted by Crippen LogP contribution is 2.28. The summed E-state index contributed by atoms with van der Waals surface area (Å²) in [5.74, 6) is 0.268. The van der Waals surface area contributed by atoms with E-state index in [9.17, 15) is 4.79 Å². The summed E-state index contributed by atoms with van der Waals surface area (Å²) in [5, 5.41) is 0. The van der Waals surface area contributed by atoms with Gasteiger partial charge in [0.1, 0.15) is 5.82 Å². The van der Waals surface area contributed by atoms with Gasteiger partial charge in [0.2, 0.25) is 0 Å². The lowest BCUT2D eigenvalue weighted by Crippen LogP contribution is -2.50. The van der Waals surface area contributed by atoms with E-state index in [1.165, 1.54) is 6.42 Å². The molecule has 1 fully saturated rings. The quantitative estimate of drug-likeness (QED) is 0.857. The summed E-state index contributed by atoms with van der Waals surface area (Å²) in [6, 6.07) is 2.08. The molecule has 0 saturated carbocycles. The van der Waals surface area contributed by atoms with Crippen LogP contribution in [0.1, 0.15) is 42.1 Å². The summed E-state index contributed by atoms with van der Waals surface area (Å²) >= 11 is 0. The van der Waals surface area contributed by atoms with E-state index in [-0.39, 0.29) is 12.1 Å². The molecule has 0 aliphatic carbocycles. The van der Waals surface area contributed by atoms with Crippen LogP contribution in [0.2, 0.25) is 0 Å². The van der Waals surface area contributed by atoms with Crippen LogP contribution in [0.25, 0.3) is 0 Å². The van der Waals surface area contributed by atoms with E-state index in [2.05, 4.69) is 9.88 Å². The minimum absolute atomic E-state index is 0.0448. The molecular weight excluding hydrogens is 240 g/mol. The molecule has 0 bridgehead atoms. The lowest BCUT2D eigenvalue weighted by Gasteiger charge is -2.39. The van der Waals surface area contributed by atoms with Crippen molar-refractivity contribution in [3.05, 3.63) is 23.4 Å². The highest BCUT2D eigenvalue weighted by molar-refractivity contribution is 5.99. The predicted molar refractivity (Wildman–Crippen MR) is 76.1 cm³/mol. The van der Waals surface area contributed by atoms with Gasteiger partial charge in [-0.25, -0.2) is 4.98 Å². The van der Waals surface area contributed by atoms with E-state index in [0.29, 0.717) is 11.4 Å². The van der Waals surface area contributed by atoms with Crippen molar-refractivity contribution in [3.8, 4) is 0 Å². The van der Waals surface area contributed by atoms with Crippen LogP contribution >= 0.6 is 0 Å². The number of primary amides is 1. The Kier molecular flexibility index (Phi) is 4.04. The second-order valence-electron chi connectivity index (χ2n) is 5.31. The SMILES string of the molecule is Cc1ccnc(N2CCCCC2C(C)N)c1C(N)=O. The minimum Gasteiger partial charge on any atom is -0.365 e. The highest BCUT2D eigenvalue weighted by Gasteiger charge is 2.29. The van der Waals surface area contributed by atoms with E-state index in [0.717, 1.165) is 24.9 Å². The molecule has 4 N–H and O–H groups in total. The molecule has 2 atom stereocenters. The first-order valence-electron chi connectivity index (χ1n) is 6.80.